The van der Waals surface area contributed by atoms with Crippen LogP contribution in [0.5, 0.6) is 0 Å². The SMILES string of the molecule is CC(C)c1ccc(/C=N/NC(=O)c2ccccc2N(Cc2ccccc2)S(C)(=O)=O)cc1. The van der Waals surface area contributed by atoms with E-state index in [9.17, 15) is 13.2 Å². The highest BCUT2D eigenvalue weighted by molar-refractivity contribution is 7.92. The van der Waals surface area contributed by atoms with Crippen molar-refractivity contribution in [3.8, 4) is 0 Å². The summed E-state index contributed by atoms with van der Waals surface area (Å²) in [7, 11) is -3.63. The lowest BCUT2D eigenvalue weighted by molar-refractivity contribution is 0.0956. The van der Waals surface area contributed by atoms with Crippen molar-refractivity contribution in [2.45, 2.75) is 26.3 Å². The Kier molecular flexibility index (Phi) is 7.43. The zero-order valence-corrected chi connectivity index (χ0v) is 19.2. The van der Waals surface area contributed by atoms with Gasteiger partial charge in [-0.05, 0) is 34.7 Å². The van der Waals surface area contributed by atoms with Crippen molar-refractivity contribution in [3.63, 3.8) is 0 Å². The van der Waals surface area contributed by atoms with Gasteiger partial charge in [0.2, 0.25) is 10.0 Å². The van der Waals surface area contributed by atoms with Gasteiger partial charge in [-0.3, -0.25) is 9.10 Å². The van der Waals surface area contributed by atoms with Crippen molar-refractivity contribution in [3.05, 3.63) is 101 Å². The van der Waals surface area contributed by atoms with Crippen LogP contribution in [0.3, 0.4) is 0 Å². The molecule has 1 N–H and O–H groups in total. The molecule has 0 unspecified atom stereocenters. The quantitative estimate of drug-likeness (QED) is 0.405. The summed E-state index contributed by atoms with van der Waals surface area (Å²) in [6.07, 6.45) is 2.69. The maximum Gasteiger partial charge on any atom is 0.273 e. The van der Waals surface area contributed by atoms with Crippen molar-refractivity contribution < 1.29 is 13.2 Å². The van der Waals surface area contributed by atoms with Crippen molar-refractivity contribution in [1.82, 2.24) is 5.43 Å². The van der Waals surface area contributed by atoms with Crippen LogP contribution in [0, 0.1) is 0 Å². The van der Waals surface area contributed by atoms with Crippen LogP contribution in [0.2, 0.25) is 0 Å². The van der Waals surface area contributed by atoms with E-state index >= 15 is 0 Å². The minimum atomic E-state index is -3.63. The lowest BCUT2D eigenvalue weighted by Crippen LogP contribution is -2.32. The summed E-state index contributed by atoms with van der Waals surface area (Å²) in [5.41, 5.74) is 5.92. The van der Waals surface area contributed by atoms with Gasteiger partial charge >= 0.3 is 0 Å². The molecule has 7 heteroatoms. The number of amides is 1. The van der Waals surface area contributed by atoms with Crippen LogP contribution in [0.15, 0.2) is 84.0 Å². The average molecular weight is 450 g/mol. The minimum absolute atomic E-state index is 0.120. The molecule has 0 aliphatic carbocycles. The Balaban J connectivity index is 1.81. The van der Waals surface area contributed by atoms with Crippen LogP contribution in [0.25, 0.3) is 0 Å². The Morgan fingerprint density at radius 3 is 2.22 bits per heavy atom. The fourth-order valence-electron chi connectivity index (χ4n) is 3.21. The standard InChI is InChI=1S/C25H27N3O3S/c1-19(2)22-15-13-20(14-16-22)17-26-27-25(29)23-11-7-8-12-24(23)28(32(3,30)31)18-21-9-5-4-6-10-21/h4-17,19H,18H2,1-3H3,(H,27,29)/b26-17+. The van der Waals surface area contributed by atoms with Crippen LogP contribution < -0.4 is 9.73 Å². The van der Waals surface area contributed by atoms with Gasteiger partial charge in [0, 0.05) is 0 Å². The van der Waals surface area contributed by atoms with Gasteiger partial charge in [0.05, 0.1) is 30.3 Å². The van der Waals surface area contributed by atoms with Gasteiger partial charge in [0.15, 0.2) is 0 Å². The fourth-order valence-corrected chi connectivity index (χ4v) is 4.11. The molecule has 32 heavy (non-hydrogen) atoms. The van der Waals surface area contributed by atoms with Crippen LogP contribution in [-0.2, 0) is 16.6 Å². The van der Waals surface area contributed by atoms with Gasteiger partial charge in [-0.2, -0.15) is 5.10 Å². The number of benzene rings is 3. The highest BCUT2D eigenvalue weighted by Crippen LogP contribution is 2.25. The Labute approximate surface area is 189 Å². The number of carbonyl (C=O) groups excluding carboxylic acids is 1. The van der Waals surface area contributed by atoms with Crippen molar-refractivity contribution >= 4 is 27.8 Å². The molecule has 0 heterocycles. The first-order valence-corrected chi connectivity index (χ1v) is 12.1. The van der Waals surface area contributed by atoms with Gasteiger partial charge < -0.3 is 0 Å². The lowest BCUT2D eigenvalue weighted by Gasteiger charge is -2.24. The molecule has 166 valence electrons. The molecule has 0 spiro atoms. The molecule has 0 saturated heterocycles. The second-order valence-electron chi connectivity index (χ2n) is 7.79. The normalized spacial score (nSPS) is 11.6. The highest BCUT2D eigenvalue weighted by atomic mass is 32.2. The Bertz CT molecular complexity index is 1190. The third-order valence-electron chi connectivity index (χ3n) is 4.97. The number of sulfonamides is 1. The summed E-state index contributed by atoms with van der Waals surface area (Å²) in [4.78, 5) is 12.8. The number of hydrogen-bond acceptors (Lipinski definition) is 4. The van der Waals surface area contributed by atoms with E-state index in [1.807, 2.05) is 54.6 Å². The first kappa shape index (κ1) is 23.2. The number of nitrogens with zero attached hydrogens (tertiary/aromatic N) is 2. The molecule has 0 fully saturated rings. The molecule has 0 atom stereocenters. The predicted octanol–water partition coefficient (Wildman–Crippen LogP) is 4.54. The van der Waals surface area contributed by atoms with E-state index in [1.54, 1.807) is 30.5 Å². The van der Waals surface area contributed by atoms with Gasteiger partial charge in [0.1, 0.15) is 0 Å². The number of hydrogen-bond donors (Lipinski definition) is 1. The molecule has 0 aliphatic rings. The molecule has 3 aromatic carbocycles. The van der Waals surface area contributed by atoms with Crippen molar-refractivity contribution in [2.75, 3.05) is 10.6 Å². The molecule has 0 saturated carbocycles. The maximum atomic E-state index is 12.8. The van der Waals surface area contributed by atoms with Crippen LogP contribution >= 0.6 is 0 Å². The van der Waals surface area contributed by atoms with E-state index in [4.69, 9.17) is 0 Å². The third kappa shape index (κ3) is 6.04. The van der Waals surface area contributed by atoms with E-state index < -0.39 is 15.9 Å². The average Bonchev–Trinajstić information content (AvgIpc) is 2.78. The summed E-state index contributed by atoms with van der Waals surface area (Å²) in [6.45, 7) is 4.37. The molecular weight excluding hydrogens is 422 g/mol. The van der Waals surface area contributed by atoms with E-state index in [1.165, 1.54) is 9.87 Å². The summed E-state index contributed by atoms with van der Waals surface area (Å²) in [6, 6.07) is 23.8. The molecule has 0 bridgehead atoms. The van der Waals surface area contributed by atoms with Crippen molar-refractivity contribution in [2.24, 2.45) is 5.10 Å². The number of anilines is 1. The van der Waals surface area contributed by atoms with E-state index in [2.05, 4.69) is 24.4 Å². The molecule has 1 amide bonds. The van der Waals surface area contributed by atoms with Crippen LogP contribution in [0.4, 0.5) is 5.69 Å². The highest BCUT2D eigenvalue weighted by Gasteiger charge is 2.23. The van der Waals surface area contributed by atoms with Crippen LogP contribution in [0.1, 0.15) is 46.8 Å². The summed E-state index contributed by atoms with van der Waals surface area (Å²) >= 11 is 0. The topological polar surface area (TPSA) is 78.8 Å². The smallest absolute Gasteiger partial charge is 0.267 e. The fraction of sp³-hybridized carbons (Fsp3) is 0.200. The maximum absolute atomic E-state index is 12.8. The van der Waals surface area contributed by atoms with E-state index in [0.29, 0.717) is 11.6 Å². The van der Waals surface area contributed by atoms with Gasteiger partial charge in [-0.15, -0.1) is 0 Å². The molecule has 3 rings (SSSR count). The lowest BCUT2D eigenvalue weighted by atomic mass is 10.0. The molecule has 0 aromatic heterocycles. The first-order valence-electron chi connectivity index (χ1n) is 10.3. The van der Waals surface area contributed by atoms with E-state index in [-0.39, 0.29) is 12.1 Å². The summed E-state index contributed by atoms with van der Waals surface area (Å²) < 4.78 is 26.3. The molecule has 0 aliphatic heterocycles. The second-order valence-corrected chi connectivity index (χ2v) is 9.70. The molecule has 0 radical (unpaired) electrons. The zero-order valence-electron chi connectivity index (χ0n) is 18.4. The summed E-state index contributed by atoms with van der Waals surface area (Å²) in [5.74, 6) is -0.0526. The number of hydrazone groups is 1. The number of para-hydroxylation sites is 1. The van der Waals surface area contributed by atoms with Gasteiger partial charge in [-0.25, -0.2) is 13.8 Å². The molecular formula is C25H27N3O3S. The first-order chi connectivity index (χ1) is 15.3. The summed E-state index contributed by atoms with van der Waals surface area (Å²) in [5, 5.41) is 4.05. The zero-order chi connectivity index (χ0) is 23.1. The monoisotopic (exact) mass is 449 g/mol. The van der Waals surface area contributed by atoms with Crippen LogP contribution in [-0.4, -0.2) is 26.8 Å². The minimum Gasteiger partial charge on any atom is -0.267 e. The Hall–Kier alpha value is -3.45. The Morgan fingerprint density at radius 2 is 1.59 bits per heavy atom. The third-order valence-corrected chi connectivity index (χ3v) is 6.10. The largest absolute Gasteiger partial charge is 0.273 e. The second kappa shape index (κ2) is 10.2. The Morgan fingerprint density at radius 1 is 0.969 bits per heavy atom. The van der Waals surface area contributed by atoms with Gasteiger partial charge in [-0.1, -0.05) is 80.6 Å². The number of nitrogens with one attached hydrogen (secondary N) is 1. The molecule has 6 nitrogen and oxygen atoms in total. The van der Waals surface area contributed by atoms with E-state index in [0.717, 1.165) is 17.4 Å². The van der Waals surface area contributed by atoms with Gasteiger partial charge in [0.25, 0.3) is 5.91 Å². The predicted molar refractivity (Wildman–Crippen MR) is 130 cm³/mol. The number of rotatable bonds is 8. The molecule has 3 aromatic rings. The van der Waals surface area contributed by atoms with Crippen molar-refractivity contribution in [1.29, 1.82) is 0 Å². The number of carbonyl (C=O) groups is 1.